The first-order chi connectivity index (χ1) is 16.6. The Morgan fingerprint density at radius 1 is 1.34 bits per heavy atom. The molecule has 3 aliphatic rings. The second-order valence-corrected chi connectivity index (χ2v) is 10.6. The first-order valence-corrected chi connectivity index (χ1v) is 12.4. The number of amides is 2. The van der Waals surface area contributed by atoms with E-state index >= 15 is 0 Å². The average molecular weight is 485 g/mol. The van der Waals surface area contributed by atoms with Gasteiger partial charge in [0, 0.05) is 12.1 Å². The van der Waals surface area contributed by atoms with Gasteiger partial charge in [0.25, 0.3) is 0 Å². The molecular weight excluding hydrogens is 448 g/mol. The minimum Gasteiger partial charge on any atom is -0.466 e. The zero-order valence-electron chi connectivity index (χ0n) is 21.0. The van der Waals surface area contributed by atoms with Crippen molar-refractivity contribution < 1.29 is 29.0 Å². The number of benzene rings is 1. The maximum Gasteiger partial charge on any atom is 0.312 e. The zero-order chi connectivity index (χ0) is 25.5. The molecule has 35 heavy (non-hydrogen) atoms. The number of ether oxygens (including phenoxy) is 2. The van der Waals surface area contributed by atoms with Crippen LogP contribution in [0.5, 0.6) is 0 Å². The van der Waals surface area contributed by atoms with Crippen LogP contribution in [0.4, 0.5) is 0 Å². The number of fused-ring (bicyclic) bond motifs is 1. The quantitative estimate of drug-likeness (QED) is 0.450. The zero-order valence-corrected chi connectivity index (χ0v) is 21.0. The average Bonchev–Trinajstić information content (AvgIpc) is 3.46. The molecule has 2 amide bonds. The number of rotatable bonds is 8. The van der Waals surface area contributed by atoms with Gasteiger partial charge in [-0.25, -0.2) is 0 Å². The molecule has 0 saturated carbocycles. The summed E-state index contributed by atoms with van der Waals surface area (Å²) >= 11 is 0. The maximum atomic E-state index is 14.3. The normalized spacial score (nSPS) is 30.2. The maximum absolute atomic E-state index is 14.3. The molecule has 0 aromatic heterocycles. The molecular formula is C27H36N2O6. The molecule has 1 N–H and O–H groups in total. The van der Waals surface area contributed by atoms with E-state index in [1.165, 1.54) is 4.90 Å². The molecule has 8 nitrogen and oxygen atoms in total. The summed E-state index contributed by atoms with van der Waals surface area (Å²) in [5.41, 5.74) is -0.984. The van der Waals surface area contributed by atoms with E-state index in [1.807, 2.05) is 51.1 Å². The van der Waals surface area contributed by atoms with Crippen molar-refractivity contribution in [1.29, 1.82) is 0 Å². The van der Waals surface area contributed by atoms with Crippen LogP contribution in [-0.2, 0) is 23.9 Å². The molecule has 3 aliphatic heterocycles. The van der Waals surface area contributed by atoms with Crippen LogP contribution in [0, 0.1) is 11.8 Å². The Morgan fingerprint density at radius 3 is 2.60 bits per heavy atom. The van der Waals surface area contributed by atoms with E-state index in [4.69, 9.17) is 9.47 Å². The highest BCUT2D eigenvalue weighted by Crippen LogP contribution is 2.60. The summed E-state index contributed by atoms with van der Waals surface area (Å²) in [6.07, 6.45) is 2.24. The van der Waals surface area contributed by atoms with E-state index in [0.717, 1.165) is 0 Å². The third kappa shape index (κ3) is 3.96. The molecule has 1 aromatic carbocycles. The fourth-order valence-corrected chi connectivity index (χ4v) is 6.21. The molecule has 0 aliphatic carbocycles. The molecule has 4 rings (SSSR count). The third-order valence-corrected chi connectivity index (χ3v) is 7.61. The van der Waals surface area contributed by atoms with E-state index in [1.54, 1.807) is 17.9 Å². The highest BCUT2D eigenvalue weighted by Gasteiger charge is 2.75. The second kappa shape index (κ2) is 9.39. The van der Waals surface area contributed by atoms with Crippen molar-refractivity contribution in [3.05, 3.63) is 48.6 Å². The van der Waals surface area contributed by atoms with E-state index in [-0.39, 0.29) is 25.0 Å². The van der Waals surface area contributed by atoms with Crippen LogP contribution in [0.3, 0.4) is 0 Å². The molecule has 3 saturated heterocycles. The molecule has 1 aromatic rings. The molecule has 190 valence electrons. The van der Waals surface area contributed by atoms with E-state index < -0.39 is 47.1 Å². The van der Waals surface area contributed by atoms with Gasteiger partial charge in [-0.3, -0.25) is 14.4 Å². The molecule has 8 heteroatoms. The summed E-state index contributed by atoms with van der Waals surface area (Å²) < 4.78 is 11.8. The summed E-state index contributed by atoms with van der Waals surface area (Å²) in [6.45, 7) is 11.5. The Kier molecular flexibility index (Phi) is 6.81. The van der Waals surface area contributed by atoms with Crippen LogP contribution in [0.15, 0.2) is 43.0 Å². The van der Waals surface area contributed by atoms with Gasteiger partial charge < -0.3 is 24.4 Å². The van der Waals surface area contributed by atoms with Crippen LogP contribution in [0.1, 0.15) is 52.1 Å². The number of hydrogen-bond acceptors (Lipinski definition) is 6. The molecule has 3 heterocycles. The Bertz CT molecular complexity index is 989. The van der Waals surface area contributed by atoms with Gasteiger partial charge in [0.15, 0.2) is 0 Å². The van der Waals surface area contributed by atoms with Crippen molar-refractivity contribution in [2.24, 2.45) is 11.8 Å². The molecule has 0 unspecified atom stereocenters. The molecule has 2 bridgehead atoms. The lowest BCUT2D eigenvalue weighted by Crippen LogP contribution is -2.60. The topological polar surface area (TPSA) is 96.4 Å². The van der Waals surface area contributed by atoms with E-state index in [0.29, 0.717) is 24.9 Å². The Balaban J connectivity index is 1.86. The fraction of sp³-hybridized carbons (Fsp3) is 0.593. The monoisotopic (exact) mass is 484 g/mol. The highest BCUT2D eigenvalue weighted by molar-refractivity contribution is 5.98. The van der Waals surface area contributed by atoms with Crippen LogP contribution >= 0.6 is 0 Å². The van der Waals surface area contributed by atoms with Gasteiger partial charge in [-0.15, -0.1) is 6.58 Å². The van der Waals surface area contributed by atoms with Gasteiger partial charge in [-0.05, 0) is 46.1 Å². The Hall–Kier alpha value is -2.71. The van der Waals surface area contributed by atoms with Crippen LogP contribution in [0.2, 0.25) is 0 Å². The van der Waals surface area contributed by atoms with Crippen molar-refractivity contribution in [3.63, 3.8) is 0 Å². The van der Waals surface area contributed by atoms with Crippen molar-refractivity contribution in [1.82, 2.24) is 9.80 Å². The smallest absolute Gasteiger partial charge is 0.312 e. The second-order valence-electron chi connectivity index (χ2n) is 10.6. The summed E-state index contributed by atoms with van der Waals surface area (Å²) in [4.78, 5) is 44.6. The third-order valence-electron chi connectivity index (χ3n) is 7.61. The van der Waals surface area contributed by atoms with Gasteiger partial charge in [-0.1, -0.05) is 36.4 Å². The van der Waals surface area contributed by atoms with Crippen LogP contribution in [-0.4, -0.2) is 75.7 Å². The summed E-state index contributed by atoms with van der Waals surface area (Å²) in [7, 11) is 0. The molecule has 6 atom stereocenters. The SMILES string of the molecule is C=CCN(C(=O)[C@@H]1N([C@H](CO)c2ccccc2)C(=O)[C@H]2[C@H](C(=O)OCC)[C@@H]3CC[C@]12O3)C(C)(C)C. The van der Waals surface area contributed by atoms with Crippen LogP contribution < -0.4 is 0 Å². The molecule has 1 spiro atoms. The summed E-state index contributed by atoms with van der Waals surface area (Å²) in [6, 6.07) is 7.43. The molecule has 0 radical (unpaired) electrons. The summed E-state index contributed by atoms with van der Waals surface area (Å²) in [5.74, 6) is -2.69. The van der Waals surface area contributed by atoms with Crippen molar-refractivity contribution in [3.8, 4) is 0 Å². The van der Waals surface area contributed by atoms with Crippen molar-refractivity contribution in [2.75, 3.05) is 19.8 Å². The Morgan fingerprint density at radius 2 is 2.03 bits per heavy atom. The minimum absolute atomic E-state index is 0.197. The standard InChI is InChI=1S/C27H36N2O6/c1-6-15-28(26(3,4)5)24(32)22-27-14-13-19(35-27)20(25(33)34-7-2)21(27)23(31)29(22)18(16-30)17-11-9-8-10-12-17/h6,8-12,18-22,30H,1,7,13-16H2,2-5H3/t18-,19+,20-,21-,22+,27-/m1/s1. The number of likely N-dealkylation sites (tertiary alicyclic amines) is 1. The highest BCUT2D eigenvalue weighted by atomic mass is 16.6. The van der Waals surface area contributed by atoms with Crippen molar-refractivity contribution in [2.45, 2.75) is 69.9 Å². The van der Waals surface area contributed by atoms with Gasteiger partial charge in [0.05, 0.1) is 37.2 Å². The first-order valence-electron chi connectivity index (χ1n) is 12.4. The van der Waals surface area contributed by atoms with E-state index in [9.17, 15) is 19.5 Å². The first kappa shape index (κ1) is 25.4. The number of nitrogens with zero attached hydrogens (tertiary/aromatic N) is 2. The number of carbonyl (C=O) groups is 3. The number of aliphatic hydroxyl groups excluding tert-OH is 1. The predicted molar refractivity (Wildman–Crippen MR) is 129 cm³/mol. The predicted octanol–water partition coefficient (Wildman–Crippen LogP) is 2.47. The Labute approximate surface area is 206 Å². The number of carbonyl (C=O) groups excluding carboxylic acids is 3. The fourth-order valence-electron chi connectivity index (χ4n) is 6.21. The number of esters is 1. The van der Waals surface area contributed by atoms with Gasteiger partial charge in [-0.2, -0.15) is 0 Å². The molecule has 3 fully saturated rings. The van der Waals surface area contributed by atoms with Crippen molar-refractivity contribution >= 4 is 17.8 Å². The van der Waals surface area contributed by atoms with Gasteiger partial charge >= 0.3 is 5.97 Å². The largest absolute Gasteiger partial charge is 0.466 e. The lowest BCUT2D eigenvalue weighted by atomic mass is 9.70. The van der Waals surface area contributed by atoms with Crippen LogP contribution in [0.25, 0.3) is 0 Å². The summed E-state index contributed by atoms with van der Waals surface area (Å²) in [5, 5.41) is 10.5. The van der Waals surface area contributed by atoms with E-state index in [2.05, 4.69) is 6.58 Å². The van der Waals surface area contributed by atoms with Gasteiger partial charge in [0.1, 0.15) is 11.6 Å². The number of aliphatic hydroxyl groups is 1. The lowest BCUT2D eigenvalue weighted by Gasteiger charge is -2.43. The lowest BCUT2D eigenvalue weighted by molar-refractivity contribution is -0.157. The number of hydrogen-bond donors (Lipinski definition) is 1. The van der Waals surface area contributed by atoms with Gasteiger partial charge in [0.2, 0.25) is 11.8 Å². The minimum atomic E-state index is -1.15.